The minimum Gasteiger partial charge on any atom is -0.311 e. The molecule has 0 saturated heterocycles. The van der Waals surface area contributed by atoms with Crippen molar-refractivity contribution >= 4 is 0 Å². The molecule has 0 radical (unpaired) electrons. The van der Waals surface area contributed by atoms with Crippen LogP contribution in [-0.2, 0) is 6.54 Å². The van der Waals surface area contributed by atoms with E-state index in [0.29, 0.717) is 11.5 Å². The third-order valence-corrected chi connectivity index (χ3v) is 3.32. The Balaban J connectivity index is 1.81. The van der Waals surface area contributed by atoms with Gasteiger partial charge >= 0.3 is 0 Å². The van der Waals surface area contributed by atoms with E-state index in [0.717, 1.165) is 13.1 Å². The Bertz CT molecular complexity index is 343. The van der Waals surface area contributed by atoms with E-state index in [-0.39, 0.29) is 0 Å². The first kappa shape index (κ1) is 12.6. The molecule has 0 bridgehead atoms. The first-order valence-corrected chi connectivity index (χ1v) is 6.79. The van der Waals surface area contributed by atoms with Gasteiger partial charge < -0.3 is 5.32 Å². The largest absolute Gasteiger partial charge is 0.311 e. The molecule has 0 atom stereocenters. The van der Waals surface area contributed by atoms with E-state index in [1.54, 1.807) is 0 Å². The number of hydrogen-bond donors (Lipinski definition) is 1. The third-order valence-electron chi connectivity index (χ3n) is 3.32. The van der Waals surface area contributed by atoms with E-state index in [1.165, 1.54) is 31.4 Å². The Labute approximate surface area is 105 Å². The van der Waals surface area contributed by atoms with Gasteiger partial charge in [0.1, 0.15) is 0 Å². The van der Waals surface area contributed by atoms with Gasteiger partial charge in [0.25, 0.3) is 0 Å². The van der Waals surface area contributed by atoms with Gasteiger partial charge in [-0.3, -0.25) is 4.68 Å². The van der Waals surface area contributed by atoms with Crippen LogP contribution < -0.4 is 5.32 Å². The quantitative estimate of drug-likeness (QED) is 0.869. The molecule has 0 spiro atoms. The lowest BCUT2D eigenvalue weighted by molar-refractivity contribution is 0.376. The van der Waals surface area contributed by atoms with Crippen molar-refractivity contribution in [2.24, 2.45) is 5.41 Å². The van der Waals surface area contributed by atoms with Gasteiger partial charge in [-0.15, -0.1) is 0 Å². The molecule has 0 unspecified atom stereocenters. The molecule has 1 aromatic heterocycles. The normalized spacial score (nSPS) is 17.8. The number of nitrogens with one attached hydrogen (secondary N) is 1. The summed E-state index contributed by atoms with van der Waals surface area (Å²) in [5.41, 5.74) is 1.51. The van der Waals surface area contributed by atoms with Crippen LogP contribution in [0.1, 0.15) is 58.2 Å². The van der Waals surface area contributed by atoms with E-state index in [2.05, 4.69) is 48.1 Å². The molecule has 3 heteroatoms. The van der Waals surface area contributed by atoms with Crippen LogP contribution in [0.25, 0.3) is 0 Å². The van der Waals surface area contributed by atoms with Gasteiger partial charge in [0.15, 0.2) is 0 Å². The van der Waals surface area contributed by atoms with Crippen LogP contribution in [0.5, 0.6) is 0 Å². The molecular formula is C14H25N3. The van der Waals surface area contributed by atoms with Gasteiger partial charge in [0, 0.05) is 19.3 Å². The van der Waals surface area contributed by atoms with Gasteiger partial charge in [-0.25, -0.2) is 0 Å². The average Bonchev–Trinajstić information content (AvgIpc) is 2.83. The second kappa shape index (κ2) is 5.21. The minimum absolute atomic E-state index is 0.341. The SMILES string of the molecule is CC(C)(C)CNCc1ccn(C2CCCC2)n1. The van der Waals surface area contributed by atoms with E-state index in [9.17, 15) is 0 Å². The summed E-state index contributed by atoms with van der Waals surface area (Å²) in [6, 6.07) is 2.81. The van der Waals surface area contributed by atoms with Crippen molar-refractivity contribution in [3.8, 4) is 0 Å². The maximum absolute atomic E-state index is 4.67. The summed E-state index contributed by atoms with van der Waals surface area (Å²) in [6.07, 6.45) is 7.47. The first-order chi connectivity index (χ1) is 8.04. The second-order valence-corrected chi connectivity index (χ2v) is 6.39. The summed E-state index contributed by atoms with van der Waals surface area (Å²) in [6.45, 7) is 8.66. The molecule has 17 heavy (non-hydrogen) atoms. The molecule has 1 aliphatic carbocycles. The summed E-state index contributed by atoms with van der Waals surface area (Å²) in [5, 5.41) is 8.14. The average molecular weight is 235 g/mol. The summed E-state index contributed by atoms with van der Waals surface area (Å²) in [4.78, 5) is 0. The highest BCUT2D eigenvalue weighted by Crippen LogP contribution is 2.28. The molecule has 1 aromatic rings. The summed E-state index contributed by atoms with van der Waals surface area (Å²) in [5.74, 6) is 0. The summed E-state index contributed by atoms with van der Waals surface area (Å²) >= 11 is 0. The number of aromatic nitrogens is 2. The number of rotatable bonds is 4. The van der Waals surface area contributed by atoms with E-state index in [4.69, 9.17) is 0 Å². The molecule has 0 amide bonds. The van der Waals surface area contributed by atoms with Crippen LogP contribution in [0.15, 0.2) is 12.3 Å². The lowest BCUT2D eigenvalue weighted by atomic mass is 9.97. The molecule has 0 aromatic carbocycles. The van der Waals surface area contributed by atoms with Crippen LogP contribution in [0, 0.1) is 5.41 Å². The fourth-order valence-corrected chi connectivity index (χ4v) is 2.41. The summed E-state index contributed by atoms with van der Waals surface area (Å²) < 4.78 is 2.17. The lowest BCUT2D eigenvalue weighted by Gasteiger charge is -2.18. The molecule has 1 heterocycles. The highest BCUT2D eigenvalue weighted by molar-refractivity contribution is 5.00. The minimum atomic E-state index is 0.341. The zero-order chi connectivity index (χ0) is 12.3. The molecule has 1 N–H and O–H groups in total. The standard InChI is InChI=1S/C14H25N3/c1-14(2,3)11-15-10-12-8-9-17(16-12)13-6-4-5-7-13/h8-9,13,15H,4-7,10-11H2,1-3H3. The maximum Gasteiger partial charge on any atom is 0.0762 e. The Hall–Kier alpha value is -0.830. The van der Waals surface area contributed by atoms with Crippen LogP contribution >= 0.6 is 0 Å². The van der Waals surface area contributed by atoms with Gasteiger partial charge in [0.2, 0.25) is 0 Å². The monoisotopic (exact) mass is 235 g/mol. The lowest BCUT2D eigenvalue weighted by Crippen LogP contribution is -2.26. The van der Waals surface area contributed by atoms with Gasteiger partial charge in [-0.05, 0) is 24.3 Å². The van der Waals surface area contributed by atoms with Crippen molar-refractivity contribution in [1.82, 2.24) is 15.1 Å². The van der Waals surface area contributed by atoms with E-state index >= 15 is 0 Å². The van der Waals surface area contributed by atoms with Crippen molar-refractivity contribution in [3.05, 3.63) is 18.0 Å². The van der Waals surface area contributed by atoms with Gasteiger partial charge in [-0.2, -0.15) is 5.10 Å². The fraction of sp³-hybridized carbons (Fsp3) is 0.786. The molecular weight excluding hydrogens is 210 g/mol. The van der Waals surface area contributed by atoms with Crippen LogP contribution in [0.2, 0.25) is 0 Å². The Kier molecular flexibility index (Phi) is 3.87. The molecule has 1 aliphatic rings. The van der Waals surface area contributed by atoms with Crippen molar-refractivity contribution in [3.63, 3.8) is 0 Å². The summed E-state index contributed by atoms with van der Waals surface area (Å²) in [7, 11) is 0. The molecule has 1 saturated carbocycles. The predicted octanol–water partition coefficient (Wildman–Crippen LogP) is 3.13. The zero-order valence-corrected chi connectivity index (χ0v) is 11.4. The maximum atomic E-state index is 4.67. The first-order valence-electron chi connectivity index (χ1n) is 6.79. The van der Waals surface area contributed by atoms with Crippen LogP contribution in [-0.4, -0.2) is 16.3 Å². The molecule has 2 rings (SSSR count). The van der Waals surface area contributed by atoms with Crippen molar-refractivity contribution < 1.29 is 0 Å². The Morgan fingerprint density at radius 3 is 2.71 bits per heavy atom. The Morgan fingerprint density at radius 1 is 1.35 bits per heavy atom. The van der Waals surface area contributed by atoms with Crippen molar-refractivity contribution in [2.45, 2.75) is 59.0 Å². The molecule has 1 fully saturated rings. The smallest absolute Gasteiger partial charge is 0.0762 e. The number of nitrogens with zero attached hydrogens (tertiary/aromatic N) is 2. The molecule has 96 valence electrons. The Morgan fingerprint density at radius 2 is 2.06 bits per heavy atom. The van der Waals surface area contributed by atoms with Crippen molar-refractivity contribution in [1.29, 1.82) is 0 Å². The van der Waals surface area contributed by atoms with Crippen LogP contribution in [0.3, 0.4) is 0 Å². The van der Waals surface area contributed by atoms with E-state index < -0.39 is 0 Å². The van der Waals surface area contributed by atoms with Gasteiger partial charge in [-0.1, -0.05) is 33.6 Å². The molecule has 3 nitrogen and oxygen atoms in total. The van der Waals surface area contributed by atoms with Gasteiger partial charge in [0.05, 0.1) is 11.7 Å². The number of hydrogen-bond acceptors (Lipinski definition) is 2. The van der Waals surface area contributed by atoms with Crippen LogP contribution in [0.4, 0.5) is 0 Å². The fourth-order valence-electron chi connectivity index (χ4n) is 2.41. The highest BCUT2D eigenvalue weighted by Gasteiger charge is 2.17. The predicted molar refractivity (Wildman–Crippen MR) is 70.9 cm³/mol. The highest BCUT2D eigenvalue weighted by atomic mass is 15.3. The zero-order valence-electron chi connectivity index (χ0n) is 11.4. The van der Waals surface area contributed by atoms with E-state index in [1.807, 2.05) is 0 Å². The molecule has 0 aliphatic heterocycles. The third kappa shape index (κ3) is 3.84. The van der Waals surface area contributed by atoms with Crippen molar-refractivity contribution in [2.75, 3.05) is 6.54 Å². The second-order valence-electron chi connectivity index (χ2n) is 6.39. The topological polar surface area (TPSA) is 29.9 Å².